The molecule has 0 atom stereocenters. The number of aromatic nitrogens is 1. The van der Waals surface area contributed by atoms with E-state index in [1.54, 1.807) is 0 Å². The molecule has 38 heavy (non-hydrogen) atoms. The first-order valence-corrected chi connectivity index (χ1v) is 14.4. The number of aryl methyl sites for hydroxylation is 2. The number of benzene rings is 4. The zero-order valence-electron chi connectivity index (χ0n) is 23.1. The number of hydrogen-bond donors (Lipinski definition) is 0. The Bertz CT molecular complexity index is 1900. The maximum atomic E-state index is 6.70. The summed E-state index contributed by atoms with van der Waals surface area (Å²) >= 11 is 1.84. The van der Waals surface area contributed by atoms with Crippen LogP contribution in [0.25, 0.3) is 53.9 Å². The molecule has 190 valence electrons. The maximum absolute atomic E-state index is 6.70. The van der Waals surface area contributed by atoms with Gasteiger partial charge in [-0.2, -0.15) is 4.57 Å². The molecule has 0 unspecified atom stereocenters. The summed E-state index contributed by atoms with van der Waals surface area (Å²) in [5, 5.41) is 3.63. The topological polar surface area (TPSA) is 17.0 Å². The van der Waals surface area contributed by atoms with Crippen LogP contribution >= 0.6 is 11.3 Å². The van der Waals surface area contributed by atoms with E-state index in [-0.39, 0.29) is 10.8 Å². The van der Waals surface area contributed by atoms with Gasteiger partial charge in [0.25, 0.3) is 5.01 Å². The highest BCUT2D eigenvalue weighted by Gasteiger charge is 2.37. The zero-order chi connectivity index (χ0) is 26.4. The van der Waals surface area contributed by atoms with Crippen molar-refractivity contribution in [3.63, 3.8) is 0 Å². The van der Waals surface area contributed by atoms with Crippen molar-refractivity contribution in [2.75, 3.05) is 0 Å². The van der Waals surface area contributed by atoms with E-state index in [1.807, 2.05) is 11.3 Å². The summed E-state index contributed by atoms with van der Waals surface area (Å²) in [7, 11) is 2.16. The van der Waals surface area contributed by atoms with Crippen molar-refractivity contribution in [3.05, 3.63) is 89.5 Å². The van der Waals surface area contributed by atoms with Crippen molar-refractivity contribution in [2.45, 2.75) is 58.3 Å². The Morgan fingerprint density at radius 1 is 0.763 bits per heavy atom. The number of furan rings is 1. The molecule has 0 spiro atoms. The van der Waals surface area contributed by atoms with Crippen LogP contribution in [-0.4, -0.2) is 0 Å². The van der Waals surface area contributed by atoms with Crippen LogP contribution in [0.4, 0.5) is 0 Å². The normalized spacial score (nSPS) is 16.4. The van der Waals surface area contributed by atoms with Gasteiger partial charge in [0.1, 0.15) is 22.9 Å². The van der Waals surface area contributed by atoms with Crippen LogP contribution in [0.2, 0.25) is 0 Å². The van der Waals surface area contributed by atoms with Crippen molar-refractivity contribution in [2.24, 2.45) is 7.05 Å². The molecule has 1 aliphatic carbocycles. The lowest BCUT2D eigenvalue weighted by Crippen LogP contribution is -2.33. The Morgan fingerprint density at radius 3 is 2.32 bits per heavy atom. The number of para-hydroxylation sites is 2. The summed E-state index contributed by atoms with van der Waals surface area (Å²) in [6, 6.07) is 26.9. The number of rotatable bonds is 2. The van der Waals surface area contributed by atoms with Gasteiger partial charge in [-0.15, -0.1) is 0 Å². The summed E-state index contributed by atoms with van der Waals surface area (Å²) < 4.78 is 10.3. The molecular weight excluding hydrogens is 482 g/mol. The highest BCUT2D eigenvalue weighted by atomic mass is 32.1. The molecule has 0 amide bonds. The molecule has 0 N–H and O–H groups in total. The number of thiazole rings is 1. The number of fused-ring (bicyclic) bond motifs is 5. The molecule has 4 aromatic carbocycles. The van der Waals surface area contributed by atoms with Gasteiger partial charge in [0, 0.05) is 22.4 Å². The van der Waals surface area contributed by atoms with Crippen LogP contribution in [0.5, 0.6) is 0 Å². The summed E-state index contributed by atoms with van der Waals surface area (Å²) in [4.78, 5) is 0. The molecule has 2 aromatic heterocycles. The largest absolute Gasteiger partial charge is 0.455 e. The lowest BCUT2D eigenvalue weighted by molar-refractivity contribution is -0.629. The highest BCUT2D eigenvalue weighted by Crippen LogP contribution is 2.47. The third kappa shape index (κ3) is 3.41. The first-order valence-electron chi connectivity index (χ1n) is 13.6. The fraction of sp³-hybridized carbons (Fsp3) is 0.286. The molecule has 3 heteroatoms. The average Bonchev–Trinajstić information content (AvgIpc) is 3.43. The third-order valence-electron chi connectivity index (χ3n) is 8.98. The summed E-state index contributed by atoms with van der Waals surface area (Å²) in [5.41, 5.74) is 11.5. The molecule has 0 aliphatic heterocycles. The maximum Gasteiger partial charge on any atom is 0.270 e. The molecular formula is C35H34NOS+. The van der Waals surface area contributed by atoms with Crippen molar-refractivity contribution in [1.82, 2.24) is 0 Å². The minimum Gasteiger partial charge on any atom is -0.455 e. The zero-order valence-corrected chi connectivity index (χ0v) is 23.9. The Labute approximate surface area is 228 Å². The van der Waals surface area contributed by atoms with Gasteiger partial charge in [-0.1, -0.05) is 87.6 Å². The van der Waals surface area contributed by atoms with Crippen LogP contribution in [-0.2, 0) is 17.9 Å². The first kappa shape index (κ1) is 23.7. The van der Waals surface area contributed by atoms with E-state index in [1.165, 1.54) is 72.2 Å². The molecule has 7 rings (SSSR count). The van der Waals surface area contributed by atoms with Gasteiger partial charge in [-0.25, -0.2) is 0 Å². The second kappa shape index (κ2) is 8.04. The number of nitrogens with zero attached hydrogens (tertiary/aromatic N) is 1. The molecule has 0 bridgehead atoms. The van der Waals surface area contributed by atoms with E-state index in [9.17, 15) is 0 Å². The van der Waals surface area contributed by atoms with E-state index in [0.717, 1.165) is 11.2 Å². The van der Waals surface area contributed by atoms with Gasteiger partial charge in [0.15, 0.2) is 0 Å². The van der Waals surface area contributed by atoms with Crippen LogP contribution in [0, 0.1) is 6.92 Å². The molecule has 2 nitrogen and oxygen atoms in total. The SMILES string of the molecule is Cc1cc2c(cc1-c1sc3ccccc3[n+]1C)oc1c(-c3ccc4c(c3)C(C)(C)CCC4(C)C)cccc12. The average molecular weight is 517 g/mol. The third-order valence-corrected chi connectivity index (χ3v) is 10.2. The minimum absolute atomic E-state index is 0.175. The molecule has 6 aromatic rings. The molecule has 0 fully saturated rings. The van der Waals surface area contributed by atoms with E-state index in [0.29, 0.717) is 0 Å². The van der Waals surface area contributed by atoms with Gasteiger partial charge in [0.05, 0.1) is 5.56 Å². The first-order chi connectivity index (χ1) is 18.1. The van der Waals surface area contributed by atoms with Crippen LogP contribution in [0.3, 0.4) is 0 Å². The summed E-state index contributed by atoms with van der Waals surface area (Å²) in [6.45, 7) is 11.8. The Kier molecular flexibility index (Phi) is 5.01. The second-order valence-electron chi connectivity index (χ2n) is 12.4. The van der Waals surface area contributed by atoms with Crippen LogP contribution < -0.4 is 4.57 Å². The van der Waals surface area contributed by atoms with E-state index in [2.05, 4.69) is 119 Å². The van der Waals surface area contributed by atoms with Crippen molar-refractivity contribution < 1.29 is 8.98 Å². The van der Waals surface area contributed by atoms with Gasteiger partial charge < -0.3 is 4.42 Å². The fourth-order valence-electron chi connectivity index (χ4n) is 6.50. The van der Waals surface area contributed by atoms with Crippen LogP contribution in [0.1, 0.15) is 57.2 Å². The quantitative estimate of drug-likeness (QED) is 0.209. The predicted octanol–water partition coefficient (Wildman–Crippen LogP) is 9.62. The molecule has 0 saturated heterocycles. The predicted molar refractivity (Wildman–Crippen MR) is 161 cm³/mol. The lowest BCUT2D eigenvalue weighted by atomic mass is 9.63. The van der Waals surface area contributed by atoms with E-state index in [4.69, 9.17) is 4.42 Å². The minimum atomic E-state index is 0.175. The second-order valence-corrected chi connectivity index (χ2v) is 13.4. The molecule has 2 heterocycles. The standard InChI is InChI=1S/C35H34NOS/c1-21-18-26-24-11-9-10-23(22-14-15-27-28(19-22)35(4,5)17-16-34(27,2)3)32(24)37-30(26)20-25(21)33-36(6)29-12-7-8-13-31(29)38-33/h7-15,18-20H,16-17H2,1-6H3/q+1. The van der Waals surface area contributed by atoms with Crippen molar-refractivity contribution >= 4 is 43.5 Å². The van der Waals surface area contributed by atoms with Gasteiger partial charge >= 0.3 is 0 Å². The Balaban J connectivity index is 1.42. The summed E-state index contributed by atoms with van der Waals surface area (Å²) in [5.74, 6) is 0. The fourth-order valence-corrected chi connectivity index (χ4v) is 7.73. The highest BCUT2D eigenvalue weighted by molar-refractivity contribution is 7.21. The Hall–Kier alpha value is -3.43. The van der Waals surface area contributed by atoms with Crippen LogP contribution in [0.15, 0.2) is 77.2 Å². The van der Waals surface area contributed by atoms with Crippen molar-refractivity contribution in [1.29, 1.82) is 0 Å². The monoisotopic (exact) mass is 516 g/mol. The van der Waals surface area contributed by atoms with E-state index < -0.39 is 0 Å². The molecule has 1 aliphatic rings. The number of hydrogen-bond acceptors (Lipinski definition) is 2. The molecule has 0 saturated carbocycles. The van der Waals surface area contributed by atoms with Gasteiger partial charge in [-0.05, 0) is 71.0 Å². The lowest BCUT2D eigenvalue weighted by Gasteiger charge is -2.42. The van der Waals surface area contributed by atoms with Crippen molar-refractivity contribution in [3.8, 4) is 21.7 Å². The summed E-state index contributed by atoms with van der Waals surface area (Å²) in [6.07, 6.45) is 2.44. The van der Waals surface area contributed by atoms with Gasteiger partial charge in [0.2, 0.25) is 5.52 Å². The van der Waals surface area contributed by atoms with E-state index >= 15 is 0 Å². The Morgan fingerprint density at radius 2 is 1.53 bits per heavy atom. The molecule has 0 radical (unpaired) electrons. The smallest absolute Gasteiger partial charge is 0.270 e. The van der Waals surface area contributed by atoms with Gasteiger partial charge in [-0.3, -0.25) is 0 Å².